The number of sulfonamides is 1. The molecule has 0 unspecified atom stereocenters. The minimum absolute atomic E-state index is 0. The Morgan fingerprint density at radius 1 is 1.21 bits per heavy atom. The molecule has 1 fully saturated rings. The van der Waals surface area contributed by atoms with E-state index in [0.29, 0.717) is 47.6 Å². The molecule has 3 heterocycles. The highest BCUT2D eigenvalue weighted by Crippen LogP contribution is 2.33. The number of carbonyl (C=O) groups excluding carboxylic acids is 1. The van der Waals surface area contributed by atoms with Crippen molar-refractivity contribution in [3.05, 3.63) is 57.8 Å². The summed E-state index contributed by atoms with van der Waals surface area (Å²) in [7, 11) is -3.91. The normalized spacial score (nSPS) is 21.4. The second kappa shape index (κ2) is 10.6. The first kappa shape index (κ1) is 25.8. The first-order valence-electron chi connectivity index (χ1n) is 9.85. The van der Waals surface area contributed by atoms with E-state index in [9.17, 15) is 13.2 Å². The van der Waals surface area contributed by atoms with Gasteiger partial charge in [0.25, 0.3) is 0 Å². The molecule has 4 rings (SSSR count). The number of ether oxygens (including phenoxy) is 1. The van der Waals surface area contributed by atoms with E-state index in [1.807, 2.05) is 6.07 Å². The third-order valence-corrected chi connectivity index (χ3v) is 6.93. The number of carbonyl (C=O) groups is 1. The van der Waals surface area contributed by atoms with Crippen molar-refractivity contribution in [2.24, 2.45) is 16.2 Å². The van der Waals surface area contributed by atoms with Gasteiger partial charge in [0.05, 0.1) is 41.4 Å². The molecule has 2 aliphatic heterocycles. The van der Waals surface area contributed by atoms with Gasteiger partial charge in [-0.05, 0) is 23.8 Å². The van der Waals surface area contributed by atoms with E-state index in [-0.39, 0.29) is 41.7 Å². The van der Waals surface area contributed by atoms with E-state index in [2.05, 4.69) is 15.4 Å². The second-order valence-electron chi connectivity index (χ2n) is 7.58. The van der Waals surface area contributed by atoms with Crippen LogP contribution in [0, 0.1) is 5.92 Å². The molecule has 1 amide bonds. The van der Waals surface area contributed by atoms with Crippen molar-refractivity contribution in [3.63, 3.8) is 0 Å². The smallest absolute Gasteiger partial charge is 0.248 e. The maximum atomic E-state index is 12.7. The quantitative estimate of drug-likeness (QED) is 0.606. The van der Waals surface area contributed by atoms with Gasteiger partial charge in [-0.1, -0.05) is 29.3 Å². The zero-order chi connectivity index (χ0) is 22.9. The number of pyridine rings is 1. The summed E-state index contributed by atoms with van der Waals surface area (Å²) in [6.45, 7) is 2.11. The number of nitrogens with zero attached hydrogens (tertiary/aromatic N) is 3. The molecule has 0 aliphatic carbocycles. The monoisotopic (exact) mass is 533 g/mol. The molecule has 2 aromatic rings. The summed E-state index contributed by atoms with van der Waals surface area (Å²) >= 11 is 12.3. The average molecular weight is 535 g/mol. The zero-order valence-corrected chi connectivity index (χ0v) is 20.4. The number of hydrogen-bond acceptors (Lipinski definition) is 7. The van der Waals surface area contributed by atoms with Crippen molar-refractivity contribution >= 4 is 57.3 Å². The Kier molecular flexibility index (Phi) is 8.33. The fraction of sp³-hybridized carbons (Fsp3) is 0.350. The highest BCUT2D eigenvalue weighted by molar-refractivity contribution is 7.89. The molecular formula is C20H22Cl3N5O4S. The number of nitrogens with one attached hydrogen (secondary N) is 1. The molecule has 13 heteroatoms. The van der Waals surface area contributed by atoms with Gasteiger partial charge in [-0.3, -0.25) is 9.78 Å². The Bertz CT molecular complexity index is 1180. The summed E-state index contributed by atoms with van der Waals surface area (Å²) in [4.78, 5) is 16.5. The first-order valence-corrected chi connectivity index (χ1v) is 12.2. The predicted molar refractivity (Wildman–Crippen MR) is 127 cm³/mol. The molecule has 33 heavy (non-hydrogen) atoms. The van der Waals surface area contributed by atoms with Crippen LogP contribution >= 0.6 is 35.6 Å². The van der Waals surface area contributed by atoms with Crippen LogP contribution < -0.4 is 10.5 Å². The van der Waals surface area contributed by atoms with Crippen molar-refractivity contribution < 1.29 is 17.9 Å². The third kappa shape index (κ3) is 6.02. The minimum atomic E-state index is -3.91. The van der Waals surface area contributed by atoms with E-state index in [4.69, 9.17) is 33.1 Å². The van der Waals surface area contributed by atoms with Gasteiger partial charge in [-0.2, -0.15) is 5.10 Å². The SMILES string of the molecule is Cl.NS(=O)(=O)c1cncc(C2=NN(C[C@@H]3CNCCO[C@H]3c3ccc(Cl)c(Cl)c3)C(=O)C2)c1. The Morgan fingerprint density at radius 3 is 2.73 bits per heavy atom. The number of rotatable bonds is 5. The zero-order valence-electron chi connectivity index (χ0n) is 17.3. The molecule has 1 saturated heterocycles. The van der Waals surface area contributed by atoms with Gasteiger partial charge in [-0.25, -0.2) is 18.6 Å². The molecule has 2 aliphatic rings. The molecule has 178 valence electrons. The highest BCUT2D eigenvalue weighted by Gasteiger charge is 2.33. The molecular weight excluding hydrogens is 513 g/mol. The summed E-state index contributed by atoms with van der Waals surface area (Å²) < 4.78 is 29.3. The predicted octanol–water partition coefficient (Wildman–Crippen LogP) is 2.37. The van der Waals surface area contributed by atoms with Crippen LogP contribution in [0.5, 0.6) is 0 Å². The van der Waals surface area contributed by atoms with Gasteiger partial charge in [0.2, 0.25) is 15.9 Å². The molecule has 0 saturated carbocycles. The summed E-state index contributed by atoms with van der Waals surface area (Å²) in [5.74, 6) is -0.297. The Morgan fingerprint density at radius 2 is 2.00 bits per heavy atom. The van der Waals surface area contributed by atoms with Crippen molar-refractivity contribution in [2.75, 3.05) is 26.2 Å². The number of primary sulfonamides is 1. The Labute approximate surface area is 207 Å². The standard InChI is InChI=1S/C20H21Cl2N5O4S.ClH/c21-16-2-1-12(6-17(16)22)20-14(9-24-3-4-31-20)11-27-19(28)7-18(26-27)13-5-15(10-25-8-13)32(23,29)30;/h1-2,5-6,8,10,14,20,24H,3-4,7,9,11H2,(H2,23,29,30);1H/t14-,20-;/m0./s1. The molecule has 1 aromatic heterocycles. The van der Waals surface area contributed by atoms with Gasteiger partial charge in [-0.15, -0.1) is 12.4 Å². The number of aromatic nitrogens is 1. The number of amides is 1. The van der Waals surface area contributed by atoms with Crippen LogP contribution in [0.1, 0.15) is 23.7 Å². The fourth-order valence-electron chi connectivity index (χ4n) is 3.73. The molecule has 0 bridgehead atoms. The van der Waals surface area contributed by atoms with E-state index in [0.717, 1.165) is 11.8 Å². The largest absolute Gasteiger partial charge is 0.372 e. The number of hydrogen-bond donors (Lipinski definition) is 2. The van der Waals surface area contributed by atoms with Crippen LogP contribution in [0.4, 0.5) is 0 Å². The molecule has 2 atom stereocenters. The lowest BCUT2D eigenvalue weighted by atomic mass is 9.95. The summed E-state index contributed by atoms with van der Waals surface area (Å²) in [5.41, 5.74) is 1.74. The lowest BCUT2D eigenvalue weighted by molar-refractivity contribution is -0.129. The lowest BCUT2D eigenvalue weighted by Gasteiger charge is -2.27. The van der Waals surface area contributed by atoms with Crippen molar-refractivity contribution in [1.29, 1.82) is 0 Å². The van der Waals surface area contributed by atoms with Gasteiger partial charge >= 0.3 is 0 Å². The van der Waals surface area contributed by atoms with Crippen LogP contribution in [-0.2, 0) is 19.6 Å². The van der Waals surface area contributed by atoms with Crippen LogP contribution in [0.3, 0.4) is 0 Å². The minimum Gasteiger partial charge on any atom is -0.372 e. The van der Waals surface area contributed by atoms with E-state index in [1.54, 1.807) is 12.1 Å². The van der Waals surface area contributed by atoms with E-state index < -0.39 is 10.0 Å². The molecule has 0 spiro atoms. The van der Waals surface area contributed by atoms with Gasteiger partial charge < -0.3 is 10.1 Å². The van der Waals surface area contributed by atoms with E-state index >= 15 is 0 Å². The number of halogens is 3. The topological polar surface area (TPSA) is 127 Å². The van der Waals surface area contributed by atoms with Crippen LogP contribution in [0.15, 0.2) is 46.7 Å². The Balaban J connectivity index is 0.00000306. The molecule has 0 radical (unpaired) electrons. The lowest BCUT2D eigenvalue weighted by Crippen LogP contribution is -2.35. The number of benzene rings is 1. The van der Waals surface area contributed by atoms with Crippen LogP contribution in [0.25, 0.3) is 0 Å². The first-order chi connectivity index (χ1) is 15.2. The fourth-order valence-corrected chi connectivity index (χ4v) is 4.54. The summed E-state index contributed by atoms with van der Waals surface area (Å²) in [6, 6.07) is 6.73. The van der Waals surface area contributed by atoms with Crippen molar-refractivity contribution in [3.8, 4) is 0 Å². The summed E-state index contributed by atoms with van der Waals surface area (Å²) in [5, 5.41) is 15.2. The maximum absolute atomic E-state index is 12.7. The van der Waals surface area contributed by atoms with Crippen LogP contribution in [0.2, 0.25) is 10.0 Å². The van der Waals surface area contributed by atoms with E-state index in [1.165, 1.54) is 17.3 Å². The molecule has 3 N–H and O–H groups in total. The highest BCUT2D eigenvalue weighted by atomic mass is 35.5. The van der Waals surface area contributed by atoms with Crippen LogP contribution in [-0.4, -0.2) is 56.3 Å². The number of hydrazone groups is 1. The maximum Gasteiger partial charge on any atom is 0.248 e. The van der Waals surface area contributed by atoms with Crippen molar-refractivity contribution in [2.45, 2.75) is 17.4 Å². The average Bonchev–Trinajstić information content (AvgIpc) is 2.96. The van der Waals surface area contributed by atoms with Gasteiger partial charge in [0, 0.05) is 37.0 Å². The summed E-state index contributed by atoms with van der Waals surface area (Å²) in [6.07, 6.45) is 2.34. The molecule has 9 nitrogen and oxygen atoms in total. The number of nitrogens with two attached hydrogens (primary N) is 1. The third-order valence-electron chi connectivity index (χ3n) is 5.31. The van der Waals surface area contributed by atoms with Crippen molar-refractivity contribution in [1.82, 2.24) is 15.3 Å². The molecule has 1 aromatic carbocycles. The van der Waals surface area contributed by atoms with Gasteiger partial charge in [0.1, 0.15) is 4.90 Å². The second-order valence-corrected chi connectivity index (χ2v) is 9.96. The Hall–Kier alpha value is -1.79. The van der Waals surface area contributed by atoms with Gasteiger partial charge in [0.15, 0.2) is 0 Å².